The molecule has 7 heteroatoms. The van der Waals surface area contributed by atoms with E-state index in [4.69, 9.17) is 11.6 Å². The number of nitrogens with zero attached hydrogens (tertiary/aromatic N) is 1. The van der Waals surface area contributed by atoms with E-state index in [9.17, 15) is 13.5 Å². The molecule has 0 spiro atoms. The van der Waals surface area contributed by atoms with Crippen molar-refractivity contribution in [3.63, 3.8) is 0 Å². The molecule has 5 nitrogen and oxygen atoms in total. The third kappa shape index (κ3) is 3.15. The standard InChI is InChI=1S/C13H15ClN2O3S/c1-2-16-8-13(7-12(16)9-17)20(18,19)15-11-5-3-10(14)4-6-11/h3-8,15,17H,2,9H2,1H3. The number of aromatic nitrogens is 1. The SMILES string of the molecule is CCn1cc(S(=O)(=O)Nc2ccc(Cl)cc2)cc1CO. The number of benzene rings is 1. The van der Waals surface area contributed by atoms with E-state index in [1.165, 1.54) is 12.3 Å². The van der Waals surface area contributed by atoms with E-state index in [0.717, 1.165) is 0 Å². The van der Waals surface area contributed by atoms with Crippen LogP contribution in [0.5, 0.6) is 0 Å². The summed E-state index contributed by atoms with van der Waals surface area (Å²) in [5, 5.41) is 9.73. The highest BCUT2D eigenvalue weighted by Gasteiger charge is 2.18. The molecule has 0 aliphatic rings. The Labute approximate surface area is 122 Å². The molecule has 0 saturated carbocycles. The molecule has 2 aromatic rings. The molecule has 0 amide bonds. The molecular weight excluding hydrogens is 300 g/mol. The minimum atomic E-state index is -3.67. The Kier molecular flexibility index (Phi) is 4.37. The number of rotatable bonds is 5. The molecule has 1 heterocycles. The molecule has 0 aliphatic heterocycles. The van der Waals surface area contributed by atoms with Crippen LogP contribution in [0.15, 0.2) is 41.4 Å². The zero-order valence-corrected chi connectivity index (χ0v) is 12.4. The van der Waals surface area contributed by atoms with Gasteiger partial charge in [0.15, 0.2) is 0 Å². The maximum absolute atomic E-state index is 12.2. The second-order valence-electron chi connectivity index (χ2n) is 4.22. The fourth-order valence-electron chi connectivity index (χ4n) is 1.83. The number of anilines is 1. The lowest BCUT2D eigenvalue weighted by molar-refractivity contribution is 0.271. The van der Waals surface area contributed by atoms with Gasteiger partial charge in [0.05, 0.1) is 6.61 Å². The van der Waals surface area contributed by atoms with Crippen molar-refractivity contribution in [2.45, 2.75) is 25.0 Å². The van der Waals surface area contributed by atoms with Gasteiger partial charge in [-0.1, -0.05) is 11.6 Å². The summed E-state index contributed by atoms with van der Waals surface area (Å²) in [6.45, 7) is 2.26. The van der Waals surface area contributed by atoms with Crippen LogP contribution in [0.3, 0.4) is 0 Å². The van der Waals surface area contributed by atoms with E-state index in [0.29, 0.717) is 22.9 Å². The van der Waals surface area contributed by atoms with E-state index in [1.807, 2.05) is 6.92 Å². The summed E-state index contributed by atoms with van der Waals surface area (Å²) in [6, 6.07) is 7.85. The van der Waals surface area contributed by atoms with E-state index in [1.54, 1.807) is 28.8 Å². The van der Waals surface area contributed by atoms with Crippen molar-refractivity contribution < 1.29 is 13.5 Å². The Balaban J connectivity index is 2.30. The highest BCUT2D eigenvalue weighted by molar-refractivity contribution is 7.92. The molecular formula is C13H15ClN2O3S. The minimum Gasteiger partial charge on any atom is -0.390 e. The van der Waals surface area contributed by atoms with E-state index < -0.39 is 10.0 Å². The molecule has 0 atom stereocenters. The van der Waals surface area contributed by atoms with Crippen molar-refractivity contribution in [2.75, 3.05) is 4.72 Å². The van der Waals surface area contributed by atoms with Crippen LogP contribution in [0.1, 0.15) is 12.6 Å². The molecule has 1 aromatic carbocycles. The Morgan fingerprint density at radius 1 is 1.30 bits per heavy atom. The maximum Gasteiger partial charge on any atom is 0.263 e. The van der Waals surface area contributed by atoms with E-state index in [2.05, 4.69) is 4.72 Å². The Hall–Kier alpha value is -1.50. The summed E-state index contributed by atoms with van der Waals surface area (Å²) in [5.74, 6) is 0. The second kappa shape index (κ2) is 5.87. The van der Waals surface area contributed by atoms with Crippen molar-refractivity contribution in [1.82, 2.24) is 4.57 Å². The number of aryl methyl sites for hydroxylation is 1. The number of hydrogen-bond acceptors (Lipinski definition) is 3. The number of aliphatic hydroxyl groups excluding tert-OH is 1. The van der Waals surface area contributed by atoms with Crippen molar-refractivity contribution in [2.24, 2.45) is 0 Å². The third-order valence-corrected chi connectivity index (χ3v) is 4.47. The molecule has 0 unspecified atom stereocenters. The first-order valence-corrected chi connectivity index (χ1v) is 7.90. The summed E-state index contributed by atoms with van der Waals surface area (Å²) >= 11 is 5.75. The number of halogens is 1. The summed E-state index contributed by atoms with van der Waals surface area (Å²) in [4.78, 5) is 0.123. The lowest BCUT2D eigenvalue weighted by Gasteiger charge is -2.06. The highest BCUT2D eigenvalue weighted by atomic mass is 35.5. The van der Waals surface area contributed by atoms with Crippen LogP contribution < -0.4 is 4.72 Å². The van der Waals surface area contributed by atoms with Gasteiger partial charge in [-0.15, -0.1) is 0 Å². The predicted molar refractivity (Wildman–Crippen MR) is 78.3 cm³/mol. The molecule has 0 saturated heterocycles. The molecule has 2 N–H and O–H groups in total. The van der Waals surface area contributed by atoms with Gasteiger partial charge in [-0.05, 0) is 37.3 Å². The molecule has 0 fully saturated rings. The van der Waals surface area contributed by atoms with Gasteiger partial charge in [0.25, 0.3) is 10.0 Å². The number of aliphatic hydroxyl groups is 1. The Morgan fingerprint density at radius 3 is 2.45 bits per heavy atom. The zero-order valence-electron chi connectivity index (χ0n) is 10.9. The largest absolute Gasteiger partial charge is 0.390 e. The van der Waals surface area contributed by atoms with Crippen LogP contribution in [0.4, 0.5) is 5.69 Å². The van der Waals surface area contributed by atoms with Crippen molar-refractivity contribution in [3.05, 3.63) is 47.2 Å². The molecule has 1 aromatic heterocycles. The predicted octanol–water partition coefficient (Wildman–Crippen LogP) is 2.45. The number of hydrogen-bond donors (Lipinski definition) is 2. The first-order chi connectivity index (χ1) is 9.46. The highest BCUT2D eigenvalue weighted by Crippen LogP contribution is 2.20. The quantitative estimate of drug-likeness (QED) is 0.890. The zero-order chi connectivity index (χ0) is 14.8. The first kappa shape index (κ1) is 14.9. The topological polar surface area (TPSA) is 71.3 Å². The van der Waals surface area contributed by atoms with E-state index >= 15 is 0 Å². The summed E-state index contributed by atoms with van der Waals surface area (Å²) < 4.78 is 28.6. The number of sulfonamides is 1. The molecule has 0 radical (unpaired) electrons. The molecule has 108 valence electrons. The van der Waals surface area contributed by atoms with Crippen molar-refractivity contribution in [1.29, 1.82) is 0 Å². The van der Waals surface area contributed by atoms with E-state index in [-0.39, 0.29) is 11.5 Å². The van der Waals surface area contributed by atoms with Crippen molar-refractivity contribution in [3.8, 4) is 0 Å². The molecule has 2 rings (SSSR count). The lowest BCUT2D eigenvalue weighted by atomic mass is 10.3. The average Bonchev–Trinajstić information content (AvgIpc) is 2.85. The molecule has 0 bridgehead atoms. The summed E-state index contributed by atoms with van der Waals surface area (Å²) in [7, 11) is -3.67. The van der Waals surface area contributed by atoms with Gasteiger partial charge < -0.3 is 9.67 Å². The van der Waals surface area contributed by atoms with Crippen LogP contribution in [0.25, 0.3) is 0 Å². The Bertz CT molecular complexity index is 671. The minimum absolute atomic E-state index is 0.123. The Morgan fingerprint density at radius 2 is 1.95 bits per heavy atom. The second-order valence-corrected chi connectivity index (χ2v) is 6.34. The van der Waals surface area contributed by atoms with Crippen LogP contribution in [0, 0.1) is 0 Å². The van der Waals surface area contributed by atoms with Gasteiger partial charge >= 0.3 is 0 Å². The fraction of sp³-hybridized carbons (Fsp3) is 0.231. The fourth-order valence-corrected chi connectivity index (χ4v) is 3.08. The van der Waals surface area contributed by atoms with Gasteiger partial charge in [-0.3, -0.25) is 4.72 Å². The van der Waals surface area contributed by atoms with Crippen molar-refractivity contribution >= 4 is 27.3 Å². The van der Waals surface area contributed by atoms with Crippen LogP contribution >= 0.6 is 11.6 Å². The summed E-state index contributed by atoms with van der Waals surface area (Å²) in [6.07, 6.45) is 1.50. The third-order valence-electron chi connectivity index (χ3n) is 2.87. The average molecular weight is 315 g/mol. The first-order valence-electron chi connectivity index (χ1n) is 6.04. The van der Waals surface area contributed by atoms with Gasteiger partial charge in [-0.2, -0.15) is 0 Å². The van der Waals surface area contributed by atoms with Crippen LogP contribution in [0.2, 0.25) is 5.02 Å². The molecule has 0 aliphatic carbocycles. The lowest BCUT2D eigenvalue weighted by Crippen LogP contribution is -2.12. The molecule has 20 heavy (non-hydrogen) atoms. The van der Waals surface area contributed by atoms with Crippen LogP contribution in [-0.4, -0.2) is 18.1 Å². The smallest absolute Gasteiger partial charge is 0.263 e. The van der Waals surface area contributed by atoms with Gasteiger partial charge in [0.2, 0.25) is 0 Å². The normalized spacial score (nSPS) is 11.6. The van der Waals surface area contributed by atoms with Gasteiger partial charge in [-0.25, -0.2) is 8.42 Å². The van der Waals surface area contributed by atoms with Gasteiger partial charge in [0.1, 0.15) is 4.90 Å². The summed E-state index contributed by atoms with van der Waals surface area (Å²) in [5.41, 5.74) is 0.994. The van der Waals surface area contributed by atoms with Gasteiger partial charge in [0, 0.05) is 29.1 Å². The van der Waals surface area contributed by atoms with Crippen LogP contribution in [-0.2, 0) is 23.2 Å². The number of nitrogens with one attached hydrogen (secondary N) is 1. The maximum atomic E-state index is 12.2. The monoisotopic (exact) mass is 314 g/mol.